The van der Waals surface area contributed by atoms with Crippen LogP contribution in [0.5, 0.6) is 5.88 Å². The van der Waals surface area contributed by atoms with Crippen LogP contribution in [0.25, 0.3) is 28.1 Å². The van der Waals surface area contributed by atoms with Gasteiger partial charge in [0, 0.05) is 25.1 Å². The first-order valence-electron chi connectivity index (χ1n) is 12.2. The van der Waals surface area contributed by atoms with E-state index in [4.69, 9.17) is 19.5 Å². The van der Waals surface area contributed by atoms with Crippen LogP contribution in [0.4, 0.5) is 11.4 Å². The summed E-state index contributed by atoms with van der Waals surface area (Å²) in [5.41, 5.74) is 6.55. The van der Waals surface area contributed by atoms with E-state index < -0.39 is 0 Å². The van der Waals surface area contributed by atoms with E-state index in [-0.39, 0.29) is 6.04 Å². The molecule has 1 fully saturated rings. The summed E-state index contributed by atoms with van der Waals surface area (Å²) in [7, 11) is 1.62. The number of pyridine rings is 1. The van der Waals surface area contributed by atoms with Crippen LogP contribution in [0.15, 0.2) is 90.1 Å². The van der Waals surface area contributed by atoms with Gasteiger partial charge in [-0.05, 0) is 61.4 Å². The number of anilines is 2. The Morgan fingerprint density at radius 2 is 1.75 bits per heavy atom. The summed E-state index contributed by atoms with van der Waals surface area (Å²) in [5, 5.41) is 4.40. The Kier molecular flexibility index (Phi) is 6.05. The van der Waals surface area contributed by atoms with E-state index in [1.165, 1.54) is 0 Å². The van der Waals surface area contributed by atoms with Gasteiger partial charge in [-0.2, -0.15) is 0 Å². The first kappa shape index (κ1) is 22.2. The Labute approximate surface area is 209 Å². The molecular formula is C29H27N5O2. The molecule has 0 atom stereocenters. The average Bonchev–Trinajstić information content (AvgIpc) is 2.93. The van der Waals surface area contributed by atoms with Crippen LogP contribution in [-0.4, -0.2) is 40.9 Å². The van der Waals surface area contributed by atoms with E-state index in [2.05, 4.69) is 57.3 Å². The molecule has 0 saturated carbocycles. The molecule has 6 rings (SSSR count). The molecule has 1 aromatic heterocycles. The molecule has 2 aliphatic heterocycles. The van der Waals surface area contributed by atoms with Gasteiger partial charge in [-0.15, -0.1) is 0 Å². The number of para-hydroxylation sites is 3. The second kappa shape index (κ2) is 9.79. The highest BCUT2D eigenvalue weighted by molar-refractivity contribution is 5.84. The van der Waals surface area contributed by atoms with Crippen molar-refractivity contribution in [2.24, 2.45) is 4.99 Å². The largest absolute Gasteiger partial charge is 0.480 e. The fourth-order valence-electron chi connectivity index (χ4n) is 4.71. The molecule has 0 amide bonds. The molecule has 3 heterocycles. The molecule has 3 aliphatic rings. The third-order valence-corrected chi connectivity index (χ3v) is 6.46. The highest BCUT2D eigenvalue weighted by Crippen LogP contribution is 2.31. The summed E-state index contributed by atoms with van der Waals surface area (Å²) in [6.45, 7) is 1.47. The molecule has 0 spiro atoms. The third-order valence-electron chi connectivity index (χ3n) is 6.46. The summed E-state index contributed by atoms with van der Waals surface area (Å²) in [6, 6.07) is 26.9. The van der Waals surface area contributed by atoms with Crippen LogP contribution in [0.3, 0.4) is 0 Å². The normalized spacial score (nSPS) is 14.9. The van der Waals surface area contributed by atoms with Gasteiger partial charge in [0.15, 0.2) is 0 Å². The minimum absolute atomic E-state index is 0.200. The van der Waals surface area contributed by atoms with Gasteiger partial charge in [0.25, 0.3) is 0 Å². The number of nitrogens with one attached hydrogen (secondary N) is 1. The van der Waals surface area contributed by atoms with Crippen LogP contribution in [0.1, 0.15) is 12.8 Å². The molecular weight excluding hydrogens is 450 g/mol. The Balaban J connectivity index is 1.62. The predicted molar refractivity (Wildman–Crippen MR) is 141 cm³/mol. The van der Waals surface area contributed by atoms with E-state index in [9.17, 15) is 0 Å². The van der Waals surface area contributed by atoms with Gasteiger partial charge in [-0.25, -0.2) is 9.97 Å². The number of ether oxygens (including phenoxy) is 2. The van der Waals surface area contributed by atoms with E-state index in [1.807, 2.05) is 36.4 Å². The quantitative estimate of drug-likeness (QED) is 0.345. The fraction of sp³-hybridized carbons (Fsp3) is 0.207. The Morgan fingerprint density at radius 3 is 2.58 bits per heavy atom. The summed E-state index contributed by atoms with van der Waals surface area (Å²) in [5.74, 6) is 0.528. The lowest BCUT2D eigenvalue weighted by Crippen LogP contribution is -2.23. The second-order valence-electron chi connectivity index (χ2n) is 8.79. The van der Waals surface area contributed by atoms with Crippen molar-refractivity contribution in [3.05, 3.63) is 90.4 Å². The maximum absolute atomic E-state index is 5.57. The Bertz CT molecular complexity index is 1540. The first-order chi connectivity index (χ1) is 17.8. The summed E-state index contributed by atoms with van der Waals surface area (Å²) in [6.07, 6.45) is 3.53. The Hall–Kier alpha value is -4.23. The van der Waals surface area contributed by atoms with Crippen molar-refractivity contribution in [1.29, 1.82) is 0 Å². The highest BCUT2D eigenvalue weighted by Gasteiger charge is 2.19. The second-order valence-corrected chi connectivity index (χ2v) is 8.79. The van der Waals surface area contributed by atoms with Gasteiger partial charge in [0.05, 0.1) is 46.6 Å². The van der Waals surface area contributed by atoms with Gasteiger partial charge in [-0.1, -0.05) is 30.3 Å². The minimum Gasteiger partial charge on any atom is -0.480 e. The van der Waals surface area contributed by atoms with Crippen molar-refractivity contribution in [3.8, 4) is 23.0 Å². The monoisotopic (exact) mass is 477 g/mol. The summed E-state index contributed by atoms with van der Waals surface area (Å²) >= 11 is 0. The van der Waals surface area contributed by atoms with Crippen molar-refractivity contribution < 1.29 is 9.47 Å². The predicted octanol–water partition coefficient (Wildman–Crippen LogP) is 5.36. The standard InChI is InChI=1S/C29H27N5O2/c1-35-29-23(11-7-15-30-29)33-24-18-26-28(19-25(24)31-20-13-16-36-17-14-20)34(21-8-3-2-4-9-21)27-12-6-5-10-22(27)32-26/h2-12,15,18-20,33H,13-14,16-17H2,1H3. The summed E-state index contributed by atoms with van der Waals surface area (Å²) < 4.78 is 13.3. The lowest BCUT2D eigenvalue weighted by molar-refractivity contribution is 0.0864. The highest BCUT2D eigenvalue weighted by atomic mass is 16.5. The summed E-state index contributed by atoms with van der Waals surface area (Å²) in [4.78, 5) is 14.6. The molecule has 180 valence electrons. The number of fused-ring (bicyclic) bond motifs is 2. The van der Waals surface area contributed by atoms with Crippen molar-refractivity contribution in [1.82, 2.24) is 14.5 Å². The number of methoxy groups -OCH3 is 1. The number of benzene rings is 3. The van der Waals surface area contributed by atoms with Crippen molar-refractivity contribution in [3.63, 3.8) is 0 Å². The van der Waals surface area contributed by atoms with E-state index in [1.54, 1.807) is 13.3 Å². The molecule has 1 aliphatic carbocycles. The number of aromatic nitrogens is 3. The van der Waals surface area contributed by atoms with E-state index in [0.29, 0.717) is 5.88 Å². The minimum atomic E-state index is 0.200. The zero-order valence-electron chi connectivity index (χ0n) is 20.1. The molecule has 0 bridgehead atoms. The maximum atomic E-state index is 5.57. The van der Waals surface area contributed by atoms with E-state index in [0.717, 1.165) is 70.9 Å². The van der Waals surface area contributed by atoms with Crippen LogP contribution in [0.2, 0.25) is 0 Å². The third kappa shape index (κ3) is 4.29. The number of rotatable bonds is 5. The molecule has 7 nitrogen and oxygen atoms in total. The zero-order valence-corrected chi connectivity index (χ0v) is 20.1. The number of hydrogen-bond donors (Lipinski definition) is 1. The fourth-order valence-corrected chi connectivity index (χ4v) is 4.71. The average molecular weight is 478 g/mol. The van der Waals surface area contributed by atoms with Crippen LogP contribution >= 0.6 is 0 Å². The Morgan fingerprint density at radius 1 is 0.944 bits per heavy atom. The topological polar surface area (TPSA) is 73.6 Å². The van der Waals surface area contributed by atoms with Gasteiger partial charge in [-0.3, -0.25) is 4.99 Å². The molecule has 36 heavy (non-hydrogen) atoms. The smallest absolute Gasteiger partial charge is 0.237 e. The number of hydrogen-bond acceptors (Lipinski definition) is 6. The first-order valence-corrected chi connectivity index (χ1v) is 12.2. The molecule has 1 saturated heterocycles. The SMILES string of the molecule is COc1ncccc1Nc1cc2nc3ccccc3n(-c3ccccc3)c-2cc1=NC1CCOCC1. The van der Waals surface area contributed by atoms with Gasteiger partial charge >= 0.3 is 0 Å². The molecule has 2 aromatic carbocycles. The van der Waals surface area contributed by atoms with E-state index >= 15 is 0 Å². The molecule has 3 aromatic rings. The maximum Gasteiger partial charge on any atom is 0.237 e. The van der Waals surface area contributed by atoms with Crippen LogP contribution in [0, 0.1) is 0 Å². The number of nitrogens with zero attached hydrogens (tertiary/aromatic N) is 4. The van der Waals surface area contributed by atoms with Gasteiger partial charge in [0.2, 0.25) is 5.88 Å². The zero-order chi connectivity index (χ0) is 24.3. The lowest BCUT2D eigenvalue weighted by atomic mass is 10.1. The molecule has 7 heteroatoms. The van der Waals surface area contributed by atoms with Crippen LogP contribution < -0.4 is 15.4 Å². The lowest BCUT2D eigenvalue weighted by Gasteiger charge is -2.22. The molecule has 0 unspecified atom stereocenters. The molecule has 0 radical (unpaired) electrons. The van der Waals surface area contributed by atoms with Crippen molar-refractivity contribution >= 4 is 22.4 Å². The van der Waals surface area contributed by atoms with Crippen LogP contribution in [-0.2, 0) is 4.74 Å². The van der Waals surface area contributed by atoms with Gasteiger partial charge < -0.3 is 19.4 Å². The van der Waals surface area contributed by atoms with Gasteiger partial charge in [0.1, 0.15) is 5.69 Å². The van der Waals surface area contributed by atoms with Crippen molar-refractivity contribution in [2.75, 3.05) is 25.6 Å². The van der Waals surface area contributed by atoms with Crippen molar-refractivity contribution in [2.45, 2.75) is 18.9 Å². The molecule has 1 N–H and O–H groups in total.